The summed E-state index contributed by atoms with van der Waals surface area (Å²) < 4.78 is 48.8. The molecule has 3 rings (SSSR count). The van der Waals surface area contributed by atoms with Gasteiger partial charge in [0.2, 0.25) is 0 Å². The van der Waals surface area contributed by atoms with E-state index in [0.29, 0.717) is 30.2 Å². The smallest absolute Gasteiger partial charge is 0.422 e. The van der Waals surface area contributed by atoms with E-state index >= 15 is 0 Å². The highest BCUT2D eigenvalue weighted by atomic mass is 19.4. The number of fused-ring (bicyclic) bond motifs is 1. The van der Waals surface area contributed by atoms with Crippen molar-refractivity contribution >= 4 is 11.0 Å². The molecule has 0 aliphatic carbocycles. The molecule has 31 heavy (non-hydrogen) atoms. The molecule has 4 nitrogen and oxygen atoms in total. The van der Waals surface area contributed by atoms with Gasteiger partial charge in [0, 0.05) is 17.6 Å². The fraction of sp³-hybridized carbons (Fsp3) is 0.375. The Morgan fingerprint density at radius 2 is 1.65 bits per heavy atom. The van der Waals surface area contributed by atoms with Crippen LogP contribution >= 0.6 is 0 Å². The Balaban J connectivity index is 2.02. The molecule has 0 saturated carbocycles. The number of aliphatic hydroxyl groups is 1. The second-order valence-electron chi connectivity index (χ2n) is 7.48. The van der Waals surface area contributed by atoms with Crippen LogP contribution in [0.2, 0.25) is 0 Å². The fourth-order valence-corrected chi connectivity index (χ4v) is 3.52. The summed E-state index contributed by atoms with van der Waals surface area (Å²) in [5, 5.41) is 9.56. The number of unbranched alkanes of at least 4 members (excludes halogenated alkanes) is 2. The summed E-state index contributed by atoms with van der Waals surface area (Å²) in [6, 6.07) is 11.4. The third kappa shape index (κ3) is 6.10. The summed E-state index contributed by atoms with van der Waals surface area (Å²) in [6.45, 7) is 2.10. The fourth-order valence-electron chi connectivity index (χ4n) is 3.52. The van der Waals surface area contributed by atoms with Crippen molar-refractivity contribution in [1.29, 1.82) is 0 Å². The van der Waals surface area contributed by atoms with E-state index in [-0.39, 0.29) is 17.7 Å². The average Bonchev–Trinajstić information content (AvgIpc) is 2.71. The maximum absolute atomic E-state index is 13.0. The van der Waals surface area contributed by atoms with Crippen molar-refractivity contribution in [2.75, 3.05) is 6.61 Å². The Morgan fingerprint density at radius 1 is 0.935 bits per heavy atom. The van der Waals surface area contributed by atoms with Crippen LogP contribution in [0.15, 0.2) is 51.7 Å². The third-order valence-electron chi connectivity index (χ3n) is 5.05. The molecule has 1 heterocycles. The minimum Gasteiger partial charge on any atom is -0.422 e. The molecule has 0 amide bonds. The van der Waals surface area contributed by atoms with Crippen LogP contribution in [0.1, 0.15) is 43.7 Å². The third-order valence-corrected chi connectivity index (χ3v) is 5.05. The lowest BCUT2D eigenvalue weighted by Gasteiger charge is -2.15. The summed E-state index contributed by atoms with van der Waals surface area (Å²) in [4.78, 5) is 12.6. The molecule has 0 fully saturated rings. The number of aliphatic hydroxyl groups excluding tert-OH is 1. The van der Waals surface area contributed by atoms with Crippen molar-refractivity contribution in [2.24, 2.45) is 0 Å². The summed E-state index contributed by atoms with van der Waals surface area (Å²) in [5.41, 5.74) is 1.27. The van der Waals surface area contributed by atoms with E-state index in [2.05, 4.69) is 11.7 Å². The van der Waals surface area contributed by atoms with Gasteiger partial charge in [-0.15, -0.1) is 13.2 Å². The maximum Gasteiger partial charge on any atom is 0.573 e. The van der Waals surface area contributed by atoms with Crippen LogP contribution in [0.3, 0.4) is 0 Å². The van der Waals surface area contributed by atoms with Crippen LogP contribution in [0.25, 0.3) is 22.1 Å². The average molecular weight is 434 g/mol. The lowest BCUT2D eigenvalue weighted by Crippen LogP contribution is -2.18. The lowest BCUT2D eigenvalue weighted by molar-refractivity contribution is -0.274. The van der Waals surface area contributed by atoms with E-state index in [1.165, 1.54) is 18.2 Å². The highest BCUT2D eigenvalue weighted by Gasteiger charge is 2.32. The summed E-state index contributed by atoms with van der Waals surface area (Å²) in [6.07, 6.45) is -0.202. The van der Waals surface area contributed by atoms with Crippen molar-refractivity contribution in [3.05, 3.63) is 64.0 Å². The molecule has 3 aromatic rings. The molecular weight excluding hydrogens is 409 g/mol. The minimum atomic E-state index is -4.88. The number of aryl methyl sites for hydroxylation is 2. The molecular formula is C24H25F3O4. The van der Waals surface area contributed by atoms with Gasteiger partial charge in [0.25, 0.3) is 0 Å². The highest BCUT2D eigenvalue weighted by molar-refractivity contribution is 5.83. The van der Waals surface area contributed by atoms with Crippen LogP contribution in [0, 0.1) is 0 Å². The second-order valence-corrected chi connectivity index (χ2v) is 7.48. The van der Waals surface area contributed by atoms with Gasteiger partial charge in [-0.05, 0) is 55.0 Å². The Kier molecular flexibility index (Phi) is 7.38. The van der Waals surface area contributed by atoms with Gasteiger partial charge in [0.1, 0.15) is 11.3 Å². The molecule has 7 heteroatoms. The number of rotatable bonds is 9. The first-order valence-electron chi connectivity index (χ1n) is 10.4. The highest BCUT2D eigenvalue weighted by Crippen LogP contribution is 2.35. The van der Waals surface area contributed by atoms with E-state index in [4.69, 9.17) is 9.52 Å². The zero-order valence-corrected chi connectivity index (χ0v) is 17.3. The molecule has 1 aromatic heterocycles. The Bertz CT molecular complexity index is 1090. The first-order valence-corrected chi connectivity index (χ1v) is 10.4. The number of ether oxygens (including phenoxy) is 1. The first kappa shape index (κ1) is 22.9. The van der Waals surface area contributed by atoms with Crippen LogP contribution in [-0.2, 0) is 12.8 Å². The van der Waals surface area contributed by atoms with Crippen molar-refractivity contribution in [3.8, 4) is 16.9 Å². The predicted molar refractivity (Wildman–Crippen MR) is 113 cm³/mol. The van der Waals surface area contributed by atoms with Gasteiger partial charge < -0.3 is 14.3 Å². The Hall–Kier alpha value is -2.80. The number of hydrogen-bond donors (Lipinski definition) is 1. The van der Waals surface area contributed by atoms with Crippen molar-refractivity contribution in [2.45, 2.75) is 51.8 Å². The van der Waals surface area contributed by atoms with E-state index in [1.54, 1.807) is 18.2 Å². The summed E-state index contributed by atoms with van der Waals surface area (Å²) >= 11 is 0. The Labute approximate surface area is 178 Å². The molecule has 166 valence electrons. The molecule has 0 aliphatic heterocycles. The SMILES string of the molecule is CCCCCc1ccc(-c2cc3ccc(CCCO)cc3oc2=O)c(OC(F)(F)F)c1. The van der Waals surface area contributed by atoms with Crippen LogP contribution < -0.4 is 10.4 Å². The summed E-state index contributed by atoms with van der Waals surface area (Å²) in [7, 11) is 0. The molecule has 0 saturated heterocycles. The minimum absolute atomic E-state index is 0.00923. The van der Waals surface area contributed by atoms with Crippen LogP contribution in [-0.4, -0.2) is 18.1 Å². The monoisotopic (exact) mass is 434 g/mol. The summed E-state index contributed by atoms with van der Waals surface area (Å²) in [5.74, 6) is -0.410. The molecule has 0 unspecified atom stereocenters. The second kappa shape index (κ2) is 10.0. The maximum atomic E-state index is 13.0. The lowest BCUT2D eigenvalue weighted by atomic mass is 9.99. The first-order chi connectivity index (χ1) is 14.8. The number of hydrogen-bond acceptors (Lipinski definition) is 4. The van der Waals surface area contributed by atoms with Crippen LogP contribution in [0.5, 0.6) is 5.75 Å². The van der Waals surface area contributed by atoms with E-state index in [0.717, 1.165) is 30.4 Å². The molecule has 0 atom stereocenters. The predicted octanol–water partition coefficient (Wildman–Crippen LogP) is 6.02. The van der Waals surface area contributed by atoms with Crippen molar-refractivity contribution in [1.82, 2.24) is 0 Å². The van der Waals surface area contributed by atoms with Gasteiger partial charge >= 0.3 is 12.0 Å². The van der Waals surface area contributed by atoms with Gasteiger partial charge in [-0.3, -0.25) is 0 Å². The largest absolute Gasteiger partial charge is 0.573 e. The van der Waals surface area contributed by atoms with E-state index in [1.807, 2.05) is 6.07 Å². The standard InChI is InChI=1S/C24H25F3O4/c1-2-3-4-6-16-9-11-19(22(14-16)31-24(25,26)27)20-15-18-10-8-17(7-5-12-28)13-21(18)30-23(20)29/h8-11,13-15,28H,2-7,12H2,1H3. The quantitative estimate of drug-likeness (QED) is 0.331. The topological polar surface area (TPSA) is 59.7 Å². The van der Waals surface area contributed by atoms with Gasteiger partial charge in [0.15, 0.2) is 0 Å². The van der Waals surface area contributed by atoms with E-state index < -0.39 is 17.7 Å². The normalized spacial score (nSPS) is 11.8. The van der Waals surface area contributed by atoms with Crippen LogP contribution in [0.4, 0.5) is 13.2 Å². The van der Waals surface area contributed by atoms with Gasteiger partial charge in [-0.25, -0.2) is 4.79 Å². The number of alkyl halides is 3. The van der Waals surface area contributed by atoms with Gasteiger partial charge in [-0.2, -0.15) is 0 Å². The molecule has 2 aromatic carbocycles. The molecule has 0 radical (unpaired) electrons. The van der Waals surface area contributed by atoms with E-state index in [9.17, 15) is 18.0 Å². The van der Waals surface area contributed by atoms with Gasteiger partial charge in [0.05, 0.1) is 5.56 Å². The number of benzene rings is 2. The molecule has 0 bridgehead atoms. The number of halogens is 3. The molecule has 0 spiro atoms. The molecule has 0 aliphatic rings. The van der Waals surface area contributed by atoms with Gasteiger partial charge in [-0.1, -0.05) is 44.0 Å². The molecule has 1 N–H and O–H groups in total. The Morgan fingerprint density at radius 3 is 2.35 bits per heavy atom. The van der Waals surface area contributed by atoms with Crippen molar-refractivity contribution in [3.63, 3.8) is 0 Å². The zero-order valence-electron chi connectivity index (χ0n) is 17.3. The zero-order chi connectivity index (χ0) is 22.4. The van der Waals surface area contributed by atoms with Crippen molar-refractivity contribution < 1.29 is 27.4 Å².